The van der Waals surface area contributed by atoms with Crippen molar-refractivity contribution in [3.8, 4) is 11.5 Å². The van der Waals surface area contributed by atoms with E-state index < -0.39 is 6.04 Å². The summed E-state index contributed by atoms with van der Waals surface area (Å²) in [5.41, 5.74) is 2.54. The minimum absolute atomic E-state index is 0.186. The van der Waals surface area contributed by atoms with Crippen LogP contribution in [0.1, 0.15) is 16.7 Å². The van der Waals surface area contributed by atoms with Crippen molar-refractivity contribution in [2.75, 3.05) is 13.7 Å². The molecule has 4 aromatic rings. The Balaban J connectivity index is 1.63. The summed E-state index contributed by atoms with van der Waals surface area (Å²) in [6.07, 6.45) is 0.309. The van der Waals surface area contributed by atoms with Crippen LogP contribution in [0, 0.1) is 0 Å². The van der Waals surface area contributed by atoms with Crippen molar-refractivity contribution in [3.05, 3.63) is 130 Å². The highest BCUT2D eigenvalue weighted by molar-refractivity contribution is 6.32. The van der Waals surface area contributed by atoms with Gasteiger partial charge in [0.15, 0.2) is 6.61 Å². The first-order valence-corrected chi connectivity index (χ1v) is 13.5. The average molecular weight is 578 g/mol. The van der Waals surface area contributed by atoms with Gasteiger partial charge in [0.05, 0.1) is 12.1 Å². The number of hydrogen-bond donors (Lipinski definition) is 1. The van der Waals surface area contributed by atoms with E-state index in [1.165, 1.54) is 0 Å². The number of amides is 2. The van der Waals surface area contributed by atoms with Gasteiger partial charge < -0.3 is 19.7 Å². The van der Waals surface area contributed by atoms with Crippen LogP contribution in [0.2, 0.25) is 10.0 Å². The summed E-state index contributed by atoms with van der Waals surface area (Å²) in [5, 5.41) is 3.94. The highest BCUT2D eigenvalue weighted by Gasteiger charge is 2.31. The molecule has 0 saturated heterocycles. The van der Waals surface area contributed by atoms with E-state index in [0.717, 1.165) is 16.7 Å². The SMILES string of the molecule is COc1ccc(CN(C(=O)COc2ccccc2Cl)[C@@H](Cc2ccccc2)C(=O)NCc2ccccc2Cl)cc1. The molecule has 0 aromatic heterocycles. The van der Waals surface area contributed by atoms with Crippen LogP contribution in [0.3, 0.4) is 0 Å². The number of benzene rings is 4. The Hall–Kier alpha value is -4.00. The minimum atomic E-state index is -0.825. The monoisotopic (exact) mass is 576 g/mol. The molecule has 0 unspecified atom stereocenters. The molecule has 0 spiro atoms. The highest BCUT2D eigenvalue weighted by atomic mass is 35.5. The van der Waals surface area contributed by atoms with Crippen LogP contribution in [-0.2, 0) is 29.1 Å². The number of halogens is 2. The number of carbonyl (C=O) groups is 2. The van der Waals surface area contributed by atoms with Gasteiger partial charge in [-0.3, -0.25) is 9.59 Å². The topological polar surface area (TPSA) is 67.9 Å². The van der Waals surface area contributed by atoms with Crippen LogP contribution in [0.25, 0.3) is 0 Å². The van der Waals surface area contributed by atoms with Gasteiger partial charge in [-0.15, -0.1) is 0 Å². The highest BCUT2D eigenvalue weighted by Crippen LogP contribution is 2.24. The van der Waals surface area contributed by atoms with Gasteiger partial charge in [-0.1, -0.05) is 96.0 Å². The Morgan fingerprint density at radius 1 is 0.800 bits per heavy atom. The molecule has 1 N–H and O–H groups in total. The van der Waals surface area contributed by atoms with Crippen LogP contribution < -0.4 is 14.8 Å². The van der Waals surface area contributed by atoms with Crippen LogP contribution in [-0.4, -0.2) is 36.5 Å². The Morgan fingerprint density at radius 3 is 2.12 bits per heavy atom. The zero-order chi connectivity index (χ0) is 28.3. The first-order valence-electron chi connectivity index (χ1n) is 12.8. The Kier molecular flexibility index (Phi) is 10.4. The van der Waals surface area contributed by atoms with Crippen molar-refractivity contribution in [3.63, 3.8) is 0 Å². The molecular formula is C32H30Cl2N2O4. The predicted octanol–water partition coefficient (Wildman–Crippen LogP) is 6.34. The minimum Gasteiger partial charge on any atom is -0.497 e. The standard InChI is InChI=1S/C32H30Cl2N2O4/c1-39-26-17-15-24(16-18-26)21-36(31(37)22-40-30-14-8-7-13-28(30)34)29(19-23-9-3-2-4-10-23)32(38)35-20-25-11-5-6-12-27(25)33/h2-18,29H,19-22H2,1H3,(H,35,38)/t29-/m0/s1. The van der Waals surface area contributed by atoms with E-state index in [9.17, 15) is 9.59 Å². The second kappa shape index (κ2) is 14.4. The molecule has 0 heterocycles. The van der Waals surface area contributed by atoms with E-state index in [1.54, 1.807) is 42.3 Å². The van der Waals surface area contributed by atoms with E-state index in [-0.39, 0.29) is 31.5 Å². The molecule has 0 aliphatic rings. The molecular weight excluding hydrogens is 547 g/mol. The fraction of sp³-hybridized carbons (Fsp3) is 0.188. The Bertz CT molecular complexity index is 1410. The predicted molar refractivity (Wildman–Crippen MR) is 158 cm³/mol. The summed E-state index contributed by atoms with van der Waals surface area (Å²) in [6.45, 7) is 0.124. The van der Waals surface area contributed by atoms with E-state index in [4.69, 9.17) is 32.7 Å². The van der Waals surface area contributed by atoms with Gasteiger partial charge in [-0.2, -0.15) is 0 Å². The third-order valence-corrected chi connectivity index (χ3v) is 7.06. The normalized spacial score (nSPS) is 11.4. The van der Waals surface area contributed by atoms with Crippen molar-refractivity contribution in [1.29, 1.82) is 0 Å². The maximum absolute atomic E-state index is 13.8. The number of rotatable bonds is 12. The van der Waals surface area contributed by atoms with E-state index in [2.05, 4.69) is 5.32 Å². The summed E-state index contributed by atoms with van der Waals surface area (Å²) in [4.78, 5) is 29.1. The molecule has 1 atom stereocenters. The summed E-state index contributed by atoms with van der Waals surface area (Å²) in [7, 11) is 1.59. The average Bonchev–Trinajstić information content (AvgIpc) is 2.98. The Morgan fingerprint density at radius 2 is 1.45 bits per heavy atom. The number of hydrogen-bond acceptors (Lipinski definition) is 4. The van der Waals surface area contributed by atoms with Crippen molar-refractivity contribution in [1.82, 2.24) is 10.2 Å². The molecule has 0 bridgehead atoms. The molecule has 206 valence electrons. The van der Waals surface area contributed by atoms with Crippen LogP contribution in [0.15, 0.2) is 103 Å². The van der Waals surface area contributed by atoms with Crippen molar-refractivity contribution in [2.45, 2.75) is 25.6 Å². The fourth-order valence-corrected chi connectivity index (χ4v) is 4.60. The molecule has 2 amide bonds. The van der Waals surface area contributed by atoms with Gasteiger partial charge in [0.25, 0.3) is 5.91 Å². The largest absolute Gasteiger partial charge is 0.497 e. The molecule has 4 rings (SSSR count). The number of para-hydroxylation sites is 1. The van der Waals surface area contributed by atoms with Gasteiger partial charge in [0.1, 0.15) is 17.5 Å². The lowest BCUT2D eigenvalue weighted by Crippen LogP contribution is -2.51. The zero-order valence-corrected chi connectivity index (χ0v) is 23.6. The van der Waals surface area contributed by atoms with E-state index in [0.29, 0.717) is 28.0 Å². The molecule has 6 nitrogen and oxygen atoms in total. The number of nitrogens with zero attached hydrogens (tertiary/aromatic N) is 1. The van der Waals surface area contributed by atoms with Gasteiger partial charge in [0.2, 0.25) is 5.91 Å². The smallest absolute Gasteiger partial charge is 0.261 e. The summed E-state index contributed by atoms with van der Waals surface area (Å²) >= 11 is 12.6. The summed E-state index contributed by atoms with van der Waals surface area (Å²) in [5.74, 6) is 0.430. The van der Waals surface area contributed by atoms with Crippen LogP contribution in [0.4, 0.5) is 0 Å². The molecule has 0 aliphatic carbocycles. The summed E-state index contributed by atoms with van der Waals surface area (Å²) in [6, 6.07) is 30.4. The van der Waals surface area contributed by atoms with Gasteiger partial charge in [0, 0.05) is 24.5 Å². The first-order chi connectivity index (χ1) is 19.4. The fourth-order valence-electron chi connectivity index (χ4n) is 4.21. The lowest BCUT2D eigenvalue weighted by Gasteiger charge is -2.31. The molecule has 0 radical (unpaired) electrons. The molecule has 0 fully saturated rings. The molecule has 4 aromatic carbocycles. The second-order valence-electron chi connectivity index (χ2n) is 9.10. The van der Waals surface area contributed by atoms with Gasteiger partial charge >= 0.3 is 0 Å². The zero-order valence-electron chi connectivity index (χ0n) is 22.1. The molecule has 40 heavy (non-hydrogen) atoms. The maximum Gasteiger partial charge on any atom is 0.261 e. The van der Waals surface area contributed by atoms with Crippen molar-refractivity contribution in [2.24, 2.45) is 0 Å². The van der Waals surface area contributed by atoms with Crippen molar-refractivity contribution >= 4 is 35.0 Å². The van der Waals surface area contributed by atoms with E-state index in [1.807, 2.05) is 72.8 Å². The lowest BCUT2D eigenvalue weighted by atomic mass is 10.0. The first kappa shape index (κ1) is 29.0. The Labute approximate surface area is 244 Å². The lowest BCUT2D eigenvalue weighted by molar-refractivity contribution is -0.142. The van der Waals surface area contributed by atoms with Gasteiger partial charge in [-0.05, 0) is 47.0 Å². The quantitative estimate of drug-likeness (QED) is 0.214. The van der Waals surface area contributed by atoms with Crippen molar-refractivity contribution < 1.29 is 19.1 Å². The summed E-state index contributed by atoms with van der Waals surface area (Å²) < 4.78 is 11.1. The van der Waals surface area contributed by atoms with Crippen LogP contribution >= 0.6 is 23.2 Å². The third kappa shape index (κ3) is 8.01. The number of ether oxygens (including phenoxy) is 2. The molecule has 8 heteroatoms. The molecule has 0 aliphatic heterocycles. The van der Waals surface area contributed by atoms with E-state index >= 15 is 0 Å². The van der Waals surface area contributed by atoms with Gasteiger partial charge in [-0.25, -0.2) is 0 Å². The maximum atomic E-state index is 13.8. The number of methoxy groups -OCH3 is 1. The third-order valence-electron chi connectivity index (χ3n) is 6.38. The number of carbonyl (C=O) groups excluding carboxylic acids is 2. The molecule has 0 saturated carbocycles. The van der Waals surface area contributed by atoms with Crippen LogP contribution in [0.5, 0.6) is 11.5 Å². The number of nitrogens with one attached hydrogen (secondary N) is 1. The second-order valence-corrected chi connectivity index (χ2v) is 9.92.